The molecule has 20 heavy (non-hydrogen) atoms. The Hall–Kier alpha value is -2.07. The Morgan fingerprint density at radius 1 is 1.10 bits per heavy atom. The number of hydrogen-bond acceptors (Lipinski definition) is 4. The van der Waals surface area contributed by atoms with Crippen molar-refractivity contribution in [1.82, 2.24) is 4.98 Å². The molecule has 0 amide bonds. The van der Waals surface area contributed by atoms with Crippen molar-refractivity contribution in [3.8, 4) is 11.5 Å². The molecule has 0 radical (unpaired) electrons. The van der Waals surface area contributed by atoms with Gasteiger partial charge < -0.3 is 15.2 Å². The lowest BCUT2D eigenvalue weighted by Gasteiger charge is -2.14. The Labute approximate surface area is 119 Å². The van der Waals surface area contributed by atoms with Crippen molar-refractivity contribution in [2.75, 3.05) is 14.2 Å². The van der Waals surface area contributed by atoms with E-state index in [1.54, 1.807) is 14.2 Å². The molecule has 0 bridgehead atoms. The van der Waals surface area contributed by atoms with Crippen LogP contribution in [-0.2, 0) is 6.42 Å². The highest BCUT2D eigenvalue weighted by Crippen LogP contribution is 2.29. The Kier molecular flexibility index (Phi) is 4.58. The quantitative estimate of drug-likeness (QED) is 0.909. The molecule has 1 aromatic carbocycles. The third-order valence-corrected chi connectivity index (χ3v) is 3.27. The SMILES string of the molecule is COc1ccc(CC(N)c2ccc(C)nc2)cc1OC. The Morgan fingerprint density at radius 3 is 2.45 bits per heavy atom. The molecule has 0 aliphatic carbocycles. The number of ether oxygens (including phenoxy) is 2. The van der Waals surface area contributed by atoms with E-state index < -0.39 is 0 Å². The maximum atomic E-state index is 6.23. The second-order valence-electron chi connectivity index (χ2n) is 4.73. The Bertz CT molecular complexity index is 567. The van der Waals surface area contributed by atoms with Gasteiger partial charge in [0.15, 0.2) is 11.5 Å². The summed E-state index contributed by atoms with van der Waals surface area (Å²) in [5.74, 6) is 1.45. The van der Waals surface area contributed by atoms with E-state index in [-0.39, 0.29) is 6.04 Å². The van der Waals surface area contributed by atoms with E-state index >= 15 is 0 Å². The smallest absolute Gasteiger partial charge is 0.160 e. The molecule has 1 aromatic heterocycles. The molecule has 1 atom stereocenters. The van der Waals surface area contributed by atoms with Crippen LogP contribution < -0.4 is 15.2 Å². The first-order valence-electron chi connectivity index (χ1n) is 6.53. The van der Waals surface area contributed by atoms with E-state index in [0.29, 0.717) is 0 Å². The summed E-state index contributed by atoms with van der Waals surface area (Å²) in [6, 6.07) is 9.77. The van der Waals surface area contributed by atoms with Crippen LogP contribution in [0.2, 0.25) is 0 Å². The average molecular weight is 272 g/mol. The van der Waals surface area contributed by atoms with Crippen LogP contribution in [0.5, 0.6) is 11.5 Å². The van der Waals surface area contributed by atoms with Gasteiger partial charge in [-0.1, -0.05) is 12.1 Å². The molecule has 0 spiro atoms. The lowest BCUT2D eigenvalue weighted by atomic mass is 10.0. The number of aromatic nitrogens is 1. The molecular formula is C16H20N2O2. The van der Waals surface area contributed by atoms with Crippen LogP contribution >= 0.6 is 0 Å². The normalized spacial score (nSPS) is 12.0. The molecule has 0 fully saturated rings. The zero-order valence-electron chi connectivity index (χ0n) is 12.1. The molecule has 1 heterocycles. The number of aryl methyl sites for hydroxylation is 1. The van der Waals surface area contributed by atoms with Gasteiger partial charge in [0.1, 0.15) is 0 Å². The third kappa shape index (κ3) is 3.27. The highest BCUT2D eigenvalue weighted by molar-refractivity contribution is 5.43. The van der Waals surface area contributed by atoms with Gasteiger partial charge in [-0.05, 0) is 42.7 Å². The topological polar surface area (TPSA) is 57.4 Å². The van der Waals surface area contributed by atoms with E-state index in [1.165, 1.54) is 0 Å². The molecule has 0 aliphatic heterocycles. The Morgan fingerprint density at radius 2 is 1.85 bits per heavy atom. The summed E-state index contributed by atoms with van der Waals surface area (Å²) < 4.78 is 10.5. The first-order chi connectivity index (χ1) is 9.63. The van der Waals surface area contributed by atoms with Crippen molar-refractivity contribution >= 4 is 0 Å². The number of nitrogens with two attached hydrogens (primary N) is 1. The van der Waals surface area contributed by atoms with Gasteiger partial charge in [0.2, 0.25) is 0 Å². The van der Waals surface area contributed by atoms with Gasteiger partial charge >= 0.3 is 0 Å². The number of pyridine rings is 1. The van der Waals surface area contributed by atoms with Crippen LogP contribution in [0.1, 0.15) is 22.9 Å². The van der Waals surface area contributed by atoms with Gasteiger partial charge in [-0.3, -0.25) is 4.98 Å². The minimum absolute atomic E-state index is 0.0822. The maximum absolute atomic E-state index is 6.23. The van der Waals surface area contributed by atoms with Crippen LogP contribution in [-0.4, -0.2) is 19.2 Å². The van der Waals surface area contributed by atoms with E-state index in [4.69, 9.17) is 15.2 Å². The minimum atomic E-state index is -0.0822. The summed E-state index contributed by atoms with van der Waals surface area (Å²) in [6.07, 6.45) is 2.56. The first-order valence-corrected chi connectivity index (χ1v) is 6.53. The molecule has 4 nitrogen and oxygen atoms in total. The monoisotopic (exact) mass is 272 g/mol. The van der Waals surface area contributed by atoms with Crippen molar-refractivity contribution < 1.29 is 9.47 Å². The predicted octanol–water partition coefficient (Wildman–Crippen LogP) is 2.65. The zero-order chi connectivity index (χ0) is 14.5. The first kappa shape index (κ1) is 14.3. The van der Waals surface area contributed by atoms with Crippen molar-refractivity contribution in [2.45, 2.75) is 19.4 Å². The number of rotatable bonds is 5. The molecule has 2 aromatic rings. The van der Waals surface area contributed by atoms with Crippen LogP contribution in [0.15, 0.2) is 36.5 Å². The lowest BCUT2D eigenvalue weighted by molar-refractivity contribution is 0.354. The van der Waals surface area contributed by atoms with Gasteiger partial charge in [0.05, 0.1) is 14.2 Å². The summed E-state index contributed by atoms with van der Waals surface area (Å²) >= 11 is 0. The van der Waals surface area contributed by atoms with Crippen molar-refractivity contribution in [1.29, 1.82) is 0 Å². The number of hydrogen-bond donors (Lipinski definition) is 1. The maximum Gasteiger partial charge on any atom is 0.160 e. The van der Waals surface area contributed by atoms with Crippen LogP contribution in [0.25, 0.3) is 0 Å². The molecule has 2 rings (SSSR count). The van der Waals surface area contributed by atoms with Crippen molar-refractivity contribution in [3.63, 3.8) is 0 Å². The Balaban J connectivity index is 2.15. The summed E-state index contributed by atoms with van der Waals surface area (Å²) in [4.78, 5) is 4.28. The molecule has 0 saturated carbocycles. The number of benzene rings is 1. The molecule has 2 N–H and O–H groups in total. The second kappa shape index (κ2) is 6.39. The fraction of sp³-hybridized carbons (Fsp3) is 0.312. The largest absolute Gasteiger partial charge is 0.493 e. The third-order valence-electron chi connectivity index (χ3n) is 3.27. The highest BCUT2D eigenvalue weighted by Gasteiger charge is 2.10. The standard InChI is InChI=1S/C16H20N2O2/c1-11-4-6-13(10-18-11)14(17)8-12-5-7-15(19-2)16(9-12)20-3/h4-7,9-10,14H,8,17H2,1-3H3. The molecule has 0 aliphatic rings. The van der Waals surface area contributed by atoms with Crippen molar-refractivity contribution in [2.24, 2.45) is 5.73 Å². The van der Waals surface area contributed by atoms with E-state index in [1.807, 2.05) is 43.5 Å². The fourth-order valence-corrected chi connectivity index (χ4v) is 2.08. The fourth-order valence-electron chi connectivity index (χ4n) is 2.08. The summed E-state index contributed by atoms with van der Waals surface area (Å²) in [6.45, 7) is 1.96. The van der Waals surface area contributed by atoms with Crippen LogP contribution in [0.4, 0.5) is 0 Å². The van der Waals surface area contributed by atoms with Gasteiger partial charge in [-0.15, -0.1) is 0 Å². The highest BCUT2D eigenvalue weighted by atomic mass is 16.5. The van der Waals surface area contributed by atoms with Crippen LogP contribution in [0.3, 0.4) is 0 Å². The van der Waals surface area contributed by atoms with Gasteiger partial charge in [0, 0.05) is 17.9 Å². The van der Waals surface area contributed by atoms with E-state index in [2.05, 4.69) is 4.98 Å². The number of methoxy groups -OCH3 is 2. The molecule has 4 heteroatoms. The predicted molar refractivity (Wildman–Crippen MR) is 79.2 cm³/mol. The van der Waals surface area contributed by atoms with E-state index in [0.717, 1.165) is 34.7 Å². The summed E-state index contributed by atoms with van der Waals surface area (Å²) in [7, 11) is 3.26. The van der Waals surface area contributed by atoms with Gasteiger partial charge in [-0.2, -0.15) is 0 Å². The zero-order valence-corrected chi connectivity index (χ0v) is 12.1. The summed E-state index contributed by atoms with van der Waals surface area (Å²) in [5.41, 5.74) is 9.36. The number of nitrogens with zero attached hydrogens (tertiary/aromatic N) is 1. The molecule has 1 unspecified atom stereocenters. The summed E-state index contributed by atoms with van der Waals surface area (Å²) in [5, 5.41) is 0. The van der Waals surface area contributed by atoms with Gasteiger partial charge in [0.25, 0.3) is 0 Å². The molecular weight excluding hydrogens is 252 g/mol. The minimum Gasteiger partial charge on any atom is -0.493 e. The second-order valence-corrected chi connectivity index (χ2v) is 4.73. The average Bonchev–Trinajstić information content (AvgIpc) is 2.47. The molecule has 0 saturated heterocycles. The van der Waals surface area contributed by atoms with Crippen LogP contribution in [0, 0.1) is 6.92 Å². The lowest BCUT2D eigenvalue weighted by Crippen LogP contribution is -2.13. The molecule has 106 valence electrons. The van der Waals surface area contributed by atoms with E-state index in [9.17, 15) is 0 Å². The van der Waals surface area contributed by atoms with Crippen molar-refractivity contribution in [3.05, 3.63) is 53.3 Å². The van der Waals surface area contributed by atoms with Gasteiger partial charge in [-0.25, -0.2) is 0 Å².